The first kappa shape index (κ1) is 23.5. The third-order valence-electron chi connectivity index (χ3n) is 6.43. The average Bonchev–Trinajstić information content (AvgIpc) is 3.31. The number of carbonyl (C=O) groups excluding carboxylic acids is 2. The van der Waals surface area contributed by atoms with Crippen molar-refractivity contribution in [3.05, 3.63) is 46.8 Å². The fourth-order valence-corrected chi connectivity index (χ4v) is 4.84. The number of amides is 2. The molecule has 2 N–H and O–H groups in total. The summed E-state index contributed by atoms with van der Waals surface area (Å²) >= 11 is 1.72. The van der Waals surface area contributed by atoms with Gasteiger partial charge in [0.1, 0.15) is 6.04 Å². The number of aliphatic hydroxyl groups excluding tert-OH is 1. The zero-order chi connectivity index (χ0) is 22.9. The van der Waals surface area contributed by atoms with Crippen LogP contribution >= 0.6 is 11.3 Å². The van der Waals surface area contributed by atoms with E-state index in [4.69, 9.17) is 0 Å². The molecule has 1 saturated heterocycles. The lowest BCUT2D eigenvalue weighted by atomic mass is 9.81. The van der Waals surface area contributed by atoms with Gasteiger partial charge in [-0.25, -0.2) is 0 Å². The number of thiophene rings is 1. The standard InChI is InChI=1S/C25H34N2O3S/c1-15-11-12-31-22(15)19-9-7-18(8-10-19)17(3)26-23(29)21-13-20(28)14-27(21)24(30)16(2)25(4,5)6/h7-12,16-17,20-21,28H,13-14H2,1-6H3,(H,26,29)/t16-,17+,20-,21+/m1/s1. The molecule has 0 saturated carbocycles. The highest BCUT2D eigenvalue weighted by atomic mass is 32.1. The van der Waals surface area contributed by atoms with E-state index in [-0.39, 0.29) is 42.2 Å². The molecule has 1 aromatic heterocycles. The second kappa shape index (κ2) is 9.13. The van der Waals surface area contributed by atoms with Crippen molar-refractivity contribution in [2.24, 2.45) is 11.3 Å². The summed E-state index contributed by atoms with van der Waals surface area (Å²) in [4.78, 5) is 28.9. The van der Waals surface area contributed by atoms with E-state index in [1.807, 2.05) is 46.8 Å². The van der Waals surface area contributed by atoms with Crippen molar-refractivity contribution in [2.75, 3.05) is 6.54 Å². The van der Waals surface area contributed by atoms with E-state index in [0.717, 1.165) is 5.56 Å². The van der Waals surface area contributed by atoms with Crippen LogP contribution in [-0.4, -0.2) is 40.5 Å². The number of hydrogen-bond acceptors (Lipinski definition) is 4. The molecule has 1 aliphatic heterocycles. The lowest BCUT2D eigenvalue weighted by molar-refractivity contribution is -0.144. The molecule has 6 heteroatoms. The van der Waals surface area contributed by atoms with Crippen LogP contribution in [0.4, 0.5) is 0 Å². The second-order valence-electron chi connectivity index (χ2n) is 9.77. The van der Waals surface area contributed by atoms with Gasteiger partial charge in [0.15, 0.2) is 0 Å². The first-order chi connectivity index (χ1) is 14.5. The van der Waals surface area contributed by atoms with Crippen LogP contribution in [0, 0.1) is 18.3 Å². The summed E-state index contributed by atoms with van der Waals surface area (Å²) in [5.74, 6) is -0.525. The normalized spacial score (nSPS) is 21.1. The Kier molecular flexibility index (Phi) is 6.92. The summed E-state index contributed by atoms with van der Waals surface area (Å²) < 4.78 is 0. The van der Waals surface area contributed by atoms with Crippen molar-refractivity contribution in [1.82, 2.24) is 10.2 Å². The van der Waals surface area contributed by atoms with E-state index in [2.05, 4.69) is 35.8 Å². The Balaban J connectivity index is 1.69. The topological polar surface area (TPSA) is 69.6 Å². The fraction of sp³-hybridized carbons (Fsp3) is 0.520. The lowest BCUT2D eigenvalue weighted by Gasteiger charge is -2.33. The molecule has 1 aromatic carbocycles. The number of aryl methyl sites for hydroxylation is 1. The van der Waals surface area contributed by atoms with Crippen LogP contribution in [0.15, 0.2) is 35.7 Å². The van der Waals surface area contributed by atoms with Gasteiger partial charge in [-0.2, -0.15) is 0 Å². The molecule has 0 aliphatic carbocycles. The third-order valence-corrected chi connectivity index (χ3v) is 7.49. The molecule has 2 heterocycles. The van der Waals surface area contributed by atoms with Crippen LogP contribution < -0.4 is 5.32 Å². The predicted octanol–water partition coefficient (Wildman–Crippen LogP) is 4.54. The van der Waals surface area contributed by atoms with E-state index < -0.39 is 12.1 Å². The molecule has 1 fully saturated rings. The van der Waals surface area contributed by atoms with Gasteiger partial charge >= 0.3 is 0 Å². The highest BCUT2D eigenvalue weighted by Crippen LogP contribution is 2.31. The van der Waals surface area contributed by atoms with Crippen LogP contribution in [0.2, 0.25) is 0 Å². The number of nitrogens with one attached hydrogen (secondary N) is 1. The molecule has 0 bridgehead atoms. The second-order valence-corrected chi connectivity index (χ2v) is 10.7. The Labute approximate surface area is 189 Å². The Morgan fingerprint density at radius 1 is 1.16 bits per heavy atom. The van der Waals surface area contributed by atoms with Gasteiger partial charge in [-0.05, 0) is 47.4 Å². The van der Waals surface area contributed by atoms with Gasteiger partial charge in [0, 0.05) is 23.8 Å². The van der Waals surface area contributed by atoms with Crippen molar-refractivity contribution >= 4 is 23.2 Å². The number of rotatable bonds is 5. The highest BCUT2D eigenvalue weighted by Gasteiger charge is 2.42. The molecule has 3 rings (SSSR count). The van der Waals surface area contributed by atoms with Gasteiger partial charge in [-0.1, -0.05) is 52.0 Å². The van der Waals surface area contributed by atoms with Crippen molar-refractivity contribution in [3.8, 4) is 10.4 Å². The fourth-order valence-electron chi connectivity index (χ4n) is 3.91. The van der Waals surface area contributed by atoms with Crippen molar-refractivity contribution in [3.63, 3.8) is 0 Å². The largest absolute Gasteiger partial charge is 0.391 e. The number of aliphatic hydroxyl groups is 1. The van der Waals surface area contributed by atoms with Crippen LogP contribution in [0.5, 0.6) is 0 Å². The van der Waals surface area contributed by atoms with E-state index in [1.54, 1.807) is 16.2 Å². The summed E-state index contributed by atoms with van der Waals surface area (Å²) in [5.41, 5.74) is 3.22. The summed E-state index contributed by atoms with van der Waals surface area (Å²) in [6.45, 7) is 12.2. The average molecular weight is 443 g/mol. The number of β-amino-alcohol motifs (C(OH)–C–C–N with tert-alkyl or cyclic N) is 1. The lowest BCUT2D eigenvalue weighted by Crippen LogP contribution is -2.49. The zero-order valence-electron chi connectivity index (χ0n) is 19.3. The van der Waals surface area contributed by atoms with Gasteiger partial charge in [-0.3, -0.25) is 9.59 Å². The highest BCUT2D eigenvalue weighted by molar-refractivity contribution is 7.13. The van der Waals surface area contributed by atoms with Crippen molar-refractivity contribution in [1.29, 1.82) is 0 Å². The molecule has 31 heavy (non-hydrogen) atoms. The van der Waals surface area contributed by atoms with Crippen LogP contribution in [-0.2, 0) is 9.59 Å². The van der Waals surface area contributed by atoms with Gasteiger partial charge in [0.2, 0.25) is 11.8 Å². The van der Waals surface area contributed by atoms with Gasteiger partial charge < -0.3 is 15.3 Å². The summed E-state index contributed by atoms with van der Waals surface area (Å²) in [7, 11) is 0. The number of benzene rings is 1. The first-order valence-electron chi connectivity index (χ1n) is 10.9. The van der Waals surface area contributed by atoms with E-state index in [0.29, 0.717) is 0 Å². The van der Waals surface area contributed by atoms with Crippen LogP contribution in [0.1, 0.15) is 58.2 Å². The quantitative estimate of drug-likeness (QED) is 0.714. The van der Waals surface area contributed by atoms with Crippen molar-refractivity contribution < 1.29 is 14.7 Å². The maximum atomic E-state index is 13.0. The summed E-state index contributed by atoms with van der Waals surface area (Å²) in [6, 6.07) is 9.51. The van der Waals surface area contributed by atoms with E-state index in [1.165, 1.54) is 16.0 Å². The monoisotopic (exact) mass is 442 g/mol. The number of hydrogen-bond donors (Lipinski definition) is 2. The summed E-state index contributed by atoms with van der Waals surface area (Å²) in [6.07, 6.45) is -0.395. The van der Waals surface area contributed by atoms with Crippen LogP contribution in [0.3, 0.4) is 0 Å². The molecule has 2 aromatic rings. The molecule has 1 aliphatic rings. The molecule has 0 radical (unpaired) electrons. The first-order valence-corrected chi connectivity index (χ1v) is 11.8. The van der Waals surface area contributed by atoms with Crippen LogP contribution in [0.25, 0.3) is 10.4 Å². The molecule has 5 nitrogen and oxygen atoms in total. The Morgan fingerprint density at radius 2 is 1.81 bits per heavy atom. The van der Waals surface area contributed by atoms with E-state index in [9.17, 15) is 14.7 Å². The van der Waals surface area contributed by atoms with E-state index >= 15 is 0 Å². The minimum absolute atomic E-state index is 0.0764. The number of nitrogens with zero attached hydrogens (tertiary/aromatic N) is 1. The molecule has 0 unspecified atom stereocenters. The molecular formula is C25H34N2O3S. The van der Waals surface area contributed by atoms with Gasteiger partial charge in [0.25, 0.3) is 0 Å². The minimum Gasteiger partial charge on any atom is -0.391 e. The summed E-state index contributed by atoms with van der Waals surface area (Å²) in [5, 5.41) is 15.3. The predicted molar refractivity (Wildman–Crippen MR) is 126 cm³/mol. The van der Waals surface area contributed by atoms with Gasteiger partial charge in [0.05, 0.1) is 12.1 Å². The van der Waals surface area contributed by atoms with Crippen molar-refractivity contribution in [2.45, 2.75) is 66.2 Å². The SMILES string of the molecule is Cc1ccsc1-c1ccc([C@H](C)NC(=O)[C@@H]2C[C@@H](O)CN2C(=O)[C@@H](C)C(C)(C)C)cc1. The molecule has 168 valence electrons. The van der Waals surface area contributed by atoms with Gasteiger partial charge in [-0.15, -0.1) is 11.3 Å². The Bertz CT molecular complexity index is 929. The molecule has 0 spiro atoms. The minimum atomic E-state index is -0.671. The Morgan fingerprint density at radius 3 is 2.35 bits per heavy atom. The third kappa shape index (κ3) is 5.18. The number of carbonyl (C=O) groups is 2. The number of likely N-dealkylation sites (tertiary alicyclic amines) is 1. The Hall–Kier alpha value is -2.18. The maximum Gasteiger partial charge on any atom is 0.243 e. The molecule has 2 amide bonds. The molecule has 4 atom stereocenters. The smallest absolute Gasteiger partial charge is 0.243 e. The zero-order valence-corrected chi connectivity index (χ0v) is 20.1. The maximum absolute atomic E-state index is 13.0. The molecular weight excluding hydrogens is 408 g/mol.